The van der Waals surface area contributed by atoms with Crippen LogP contribution in [0.1, 0.15) is 50.0 Å². The summed E-state index contributed by atoms with van der Waals surface area (Å²) in [5, 5.41) is 13.2. The number of allylic oxidation sites excluding steroid dienone is 1. The molecule has 0 N–H and O–H groups in total. The number of benzene rings is 1. The molecule has 0 radical (unpaired) electrons. The van der Waals surface area contributed by atoms with E-state index in [1.165, 1.54) is 44.1 Å². The monoisotopic (exact) mass is 424 g/mol. The fourth-order valence-corrected chi connectivity index (χ4v) is 5.75. The maximum Gasteiger partial charge on any atom is 0.191 e. The number of aryl methyl sites for hydroxylation is 1. The Balaban J connectivity index is 1.38. The quantitative estimate of drug-likeness (QED) is 0.295. The van der Waals surface area contributed by atoms with Crippen LogP contribution in [-0.2, 0) is 18.7 Å². The van der Waals surface area contributed by atoms with Crippen molar-refractivity contribution in [2.75, 3.05) is 0 Å². The largest absolute Gasteiger partial charge is 0.302 e. The molecule has 6 heteroatoms. The van der Waals surface area contributed by atoms with E-state index < -0.39 is 0 Å². The first kappa shape index (κ1) is 20.4. The summed E-state index contributed by atoms with van der Waals surface area (Å²) in [6.45, 7) is 4.69. The zero-order chi connectivity index (χ0) is 19.9. The van der Waals surface area contributed by atoms with Crippen molar-refractivity contribution in [2.45, 2.75) is 62.4 Å². The van der Waals surface area contributed by atoms with Crippen molar-refractivity contribution in [3.8, 4) is 10.6 Å². The van der Waals surface area contributed by atoms with Crippen LogP contribution in [0.5, 0.6) is 0 Å². The molecule has 152 valence electrons. The van der Waals surface area contributed by atoms with Gasteiger partial charge in [0.2, 0.25) is 0 Å². The van der Waals surface area contributed by atoms with Crippen LogP contribution in [0.25, 0.3) is 10.6 Å². The minimum atomic E-state index is 0.766. The molecular formula is C23H28N4S2. The van der Waals surface area contributed by atoms with Crippen LogP contribution in [0.3, 0.4) is 0 Å². The van der Waals surface area contributed by atoms with Gasteiger partial charge in [0.05, 0.1) is 5.69 Å². The summed E-state index contributed by atoms with van der Waals surface area (Å²) >= 11 is 3.41. The van der Waals surface area contributed by atoms with Gasteiger partial charge in [0.15, 0.2) is 5.16 Å². The van der Waals surface area contributed by atoms with E-state index >= 15 is 0 Å². The molecule has 1 aliphatic carbocycles. The van der Waals surface area contributed by atoms with Gasteiger partial charge in [-0.25, -0.2) is 4.98 Å². The Labute approximate surface area is 181 Å². The number of thioether (sulfide) groups is 1. The van der Waals surface area contributed by atoms with Crippen molar-refractivity contribution in [3.05, 3.63) is 59.9 Å². The third-order valence-electron chi connectivity index (χ3n) is 5.53. The number of aromatic nitrogens is 4. The summed E-state index contributed by atoms with van der Waals surface area (Å²) in [5.41, 5.74) is 2.27. The predicted octanol–water partition coefficient (Wildman–Crippen LogP) is 6.39. The molecule has 0 amide bonds. The maximum atomic E-state index is 4.80. The second kappa shape index (κ2) is 10.2. The Morgan fingerprint density at radius 3 is 2.76 bits per heavy atom. The van der Waals surface area contributed by atoms with E-state index in [1.54, 1.807) is 23.1 Å². The van der Waals surface area contributed by atoms with Crippen molar-refractivity contribution in [1.29, 1.82) is 0 Å². The second-order valence-electron chi connectivity index (χ2n) is 7.64. The molecule has 2 aromatic heterocycles. The molecule has 0 unspecified atom stereocenters. The van der Waals surface area contributed by atoms with Crippen LogP contribution in [0, 0.1) is 5.92 Å². The molecule has 1 aromatic carbocycles. The van der Waals surface area contributed by atoms with Crippen molar-refractivity contribution in [1.82, 2.24) is 19.7 Å². The van der Waals surface area contributed by atoms with Gasteiger partial charge in [-0.2, -0.15) is 0 Å². The molecule has 29 heavy (non-hydrogen) atoms. The SMILES string of the molecule is C=CCn1c(CCC2CCCCC2)nnc1SCc1csc(-c2ccccc2)n1. The average molecular weight is 425 g/mol. The van der Waals surface area contributed by atoms with E-state index in [-0.39, 0.29) is 0 Å². The summed E-state index contributed by atoms with van der Waals surface area (Å²) in [4.78, 5) is 4.80. The molecule has 0 spiro atoms. The van der Waals surface area contributed by atoms with Crippen LogP contribution in [0.2, 0.25) is 0 Å². The van der Waals surface area contributed by atoms with Crippen molar-refractivity contribution >= 4 is 23.1 Å². The Hall–Kier alpha value is -1.92. The molecular weight excluding hydrogens is 396 g/mol. The van der Waals surface area contributed by atoms with Gasteiger partial charge >= 0.3 is 0 Å². The van der Waals surface area contributed by atoms with Gasteiger partial charge in [0.25, 0.3) is 0 Å². The molecule has 1 fully saturated rings. The first-order valence-electron chi connectivity index (χ1n) is 10.5. The highest BCUT2D eigenvalue weighted by Crippen LogP contribution is 2.29. The molecule has 4 rings (SSSR count). The smallest absolute Gasteiger partial charge is 0.191 e. The Bertz CT molecular complexity index is 910. The summed E-state index contributed by atoms with van der Waals surface area (Å²) < 4.78 is 2.23. The normalized spacial score (nSPS) is 14.9. The van der Waals surface area contributed by atoms with Crippen molar-refractivity contribution < 1.29 is 0 Å². The highest BCUT2D eigenvalue weighted by Gasteiger charge is 2.17. The molecule has 1 saturated carbocycles. The summed E-state index contributed by atoms with van der Waals surface area (Å²) in [5.74, 6) is 2.77. The zero-order valence-corrected chi connectivity index (χ0v) is 18.4. The number of rotatable bonds is 9. The van der Waals surface area contributed by atoms with Crippen LogP contribution in [0.15, 0.2) is 53.5 Å². The molecule has 0 saturated heterocycles. The lowest BCUT2D eigenvalue weighted by atomic mass is 9.86. The number of nitrogens with zero attached hydrogens (tertiary/aromatic N) is 4. The fourth-order valence-electron chi connectivity index (χ4n) is 3.96. The summed E-state index contributed by atoms with van der Waals surface area (Å²) in [6, 6.07) is 10.4. The lowest BCUT2D eigenvalue weighted by molar-refractivity contribution is 0.336. The molecule has 3 aromatic rings. The Morgan fingerprint density at radius 1 is 1.14 bits per heavy atom. The fraction of sp³-hybridized carbons (Fsp3) is 0.435. The van der Waals surface area contributed by atoms with Crippen LogP contribution in [-0.4, -0.2) is 19.7 Å². The van der Waals surface area contributed by atoms with E-state index in [1.807, 2.05) is 12.1 Å². The topological polar surface area (TPSA) is 43.6 Å². The standard InChI is InChI=1S/C23H28N4S2/c1-2-15-27-21(14-13-18-9-5-3-6-10-18)25-26-23(27)29-17-20-16-28-22(24-20)19-11-7-4-8-12-19/h2,4,7-8,11-12,16,18H,1,3,5-6,9-10,13-15,17H2. The van der Waals surface area contributed by atoms with E-state index in [4.69, 9.17) is 4.98 Å². The van der Waals surface area contributed by atoms with Gasteiger partial charge in [-0.3, -0.25) is 0 Å². The van der Waals surface area contributed by atoms with Crippen LogP contribution < -0.4 is 0 Å². The zero-order valence-electron chi connectivity index (χ0n) is 16.8. The first-order valence-corrected chi connectivity index (χ1v) is 12.4. The average Bonchev–Trinajstić information content (AvgIpc) is 3.40. The summed E-state index contributed by atoms with van der Waals surface area (Å²) in [7, 11) is 0. The van der Waals surface area contributed by atoms with Gasteiger partial charge in [0.1, 0.15) is 10.8 Å². The highest BCUT2D eigenvalue weighted by molar-refractivity contribution is 7.98. The first-order chi connectivity index (χ1) is 14.3. The van der Waals surface area contributed by atoms with Gasteiger partial charge in [-0.05, 0) is 12.3 Å². The number of thiazole rings is 1. The van der Waals surface area contributed by atoms with Gasteiger partial charge in [-0.15, -0.1) is 28.1 Å². The molecule has 0 atom stereocenters. The lowest BCUT2D eigenvalue weighted by Crippen LogP contribution is -2.10. The molecule has 2 heterocycles. The van der Waals surface area contributed by atoms with Gasteiger partial charge < -0.3 is 4.57 Å². The maximum absolute atomic E-state index is 4.80. The van der Waals surface area contributed by atoms with E-state index in [0.717, 1.165) is 46.3 Å². The Kier molecular flexibility index (Phi) is 7.17. The van der Waals surface area contributed by atoms with Crippen LogP contribution in [0.4, 0.5) is 0 Å². The third-order valence-corrected chi connectivity index (χ3v) is 7.47. The highest BCUT2D eigenvalue weighted by atomic mass is 32.2. The number of hydrogen-bond acceptors (Lipinski definition) is 5. The van der Waals surface area contributed by atoms with Crippen LogP contribution >= 0.6 is 23.1 Å². The van der Waals surface area contributed by atoms with Crippen molar-refractivity contribution in [2.24, 2.45) is 5.92 Å². The predicted molar refractivity (Wildman–Crippen MR) is 122 cm³/mol. The third kappa shape index (κ3) is 5.37. The second-order valence-corrected chi connectivity index (χ2v) is 9.44. The molecule has 4 nitrogen and oxygen atoms in total. The molecule has 0 aliphatic heterocycles. The Morgan fingerprint density at radius 2 is 1.97 bits per heavy atom. The van der Waals surface area contributed by atoms with E-state index in [0.29, 0.717) is 0 Å². The minimum Gasteiger partial charge on any atom is -0.302 e. The van der Waals surface area contributed by atoms with Gasteiger partial charge in [-0.1, -0.05) is 80.3 Å². The number of hydrogen-bond donors (Lipinski definition) is 0. The minimum absolute atomic E-state index is 0.766. The lowest BCUT2D eigenvalue weighted by Gasteiger charge is -2.21. The van der Waals surface area contributed by atoms with Crippen molar-refractivity contribution in [3.63, 3.8) is 0 Å². The van der Waals surface area contributed by atoms with Gasteiger partial charge in [0, 0.05) is 29.7 Å². The summed E-state index contributed by atoms with van der Waals surface area (Å²) in [6.07, 6.45) is 11.1. The van der Waals surface area contributed by atoms with E-state index in [9.17, 15) is 0 Å². The van der Waals surface area contributed by atoms with E-state index in [2.05, 4.69) is 51.0 Å². The molecule has 0 bridgehead atoms. The molecule has 1 aliphatic rings.